The van der Waals surface area contributed by atoms with Crippen LogP contribution in [0.25, 0.3) is 55.4 Å². The highest BCUT2D eigenvalue weighted by atomic mass is 19.1. The molecule has 7 heteroatoms. The quantitative estimate of drug-likeness (QED) is 0.253. The normalized spacial score (nSPS) is 11.3. The zero-order chi connectivity index (χ0) is 24.6. The zero-order valence-corrected chi connectivity index (χ0v) is 19.5. The Morgan fingerprint density at radius 1 is 0.889 bits per heavy atom. The first-order valence-electron chi connectivity index (χ1n) is 11.7. The van der Waals surface area contributed by atoms with Crippen molar-refractivity contribution in [3.8, 4) is 33.6 Å². The van der Waals surface area contributed by atoms with Crippen molar-refractivity contribution in [2.45, 2.75) is 13.3 Å². The lowest BCUT2D eigenvalue weighted by molar-refractivity contribution is -0.115. The molecule has 176 valence electrons. The number of benzene rings is 3. The summed E-state index contributed by atoms with van der Waals surface area (Å²) in [6.07, 6.45) is 3.82. The van der Waals surface area contributed by atoms with Crippen molar-refractivity contribution in [1.82, 2.24) is 20.2 Å². The molecule has 0 spiro atoms. The number of aromatic nitrogens is 4. The lowest BCUT2D eigenvalue weighted by atomic mass is 10.0. The van der Waals surface area contributed by atoms with Crippen molar-refractivity contribution in [2.24, 2.45) is 0 Å². The molecule has 0 aliphatic rings. The van der Waals surface area contributed by atoms with Crippen LogP contribution >= 0.6 is 0 Å². The van der Waals surface area contributed by atoms with Crippen LogP contribution in [0, 0.1) is 5.82 Å². The highest BCUT2D eigenvalue weighted by Crippen LogP contribution is 2.35. The van der Waals surface area contributed by atoms with Crippen LogP contribution in [0.3, 0.4) is 0 Å². The molecule has 0 saturated carbocycles. The number of carbonyl (C=O) groups excluding carboxylic acids is 1. The molecule has 0 saturated heterocycles. The number of rotatable bonds is 5. The first kappa shape index (κ1) is 21.7. The number of nitrogens with zero attached hydrogens (tertiary/aromatic N) is 2. The molecule has 0 bridgehead atoms. The van der Waals surface area contributed by atoms with E-state index in [0.717, 1.165) is 55.4 Å². The SMILES string of the molecule is CCC(=O)Nc1cncc(-c2ccc3[nH]nc(-c4cc5c(-c6ccc(F)cc6)cccc5[nH]4)c3c2)c1. The van der Waals surface area contributed by atoms with Gasteiger partial charge in [0.25, 0.3) is 0 Å². The minimum absolute atomic E-state index is 0.0552. The maximum atomic E-state index is 13.5. The van der Waals surface area contributed by atoms with Gasteiger partial charge in [-0.15, -0.1) is 0 Å². The fraction of sp³-hybridized carbons (Fsp3) is 0.0690. The number of aromatic amines is 2. The number of fused-ring (bicyclic) bond motifs is 2. The van der Waals surface area contributed by atoms with Crippen molar-refractivity contribution in [3.63, 3.8) is 0 Å². The molecule has 3 heterocycles. The Balaban J connectivity index is 1.42. The van der Waals surface area contributed by atoms with Crippen molar-refractivity contribution < 1.29 is 9.18 Å². The molecular formula is C29H22FN5O. The van der Waals surface area contributed by atoms with E-state index in [0.29, 0.717) is 12.1 Å². The molecule has 0 aliphatic heterocycles. The first-order valence-corrected chi connectivity index (χ1v) is 11.7. The van der Waals surface area contributed by atoms with E-state index in [-0.39, 0.29) is 11.7 Å². The molecule has 0 atom stereocenters. The molecule has 6 aromatic rings. The van der Waals surface area contributed by atoms with E-state index >= 15 is 0 Å². The lowest BCUT2D eigenvalue weighted by Crippen LogP contribution is -2.09. The molecule has 3 N–H and O–H groups in total. The summed E-state index contributed by atoms with van der Waals surface area (Å²) >= 11 is 0. The Labute approximate surface area is 206 Å². The van der Waals surface area contributed by atoms with E-state index < -0.39 is 0 Å². The van der Waals surface area contributed by atoms with Gasteiger partial charge in [-0.25, -0.2) is 4.39 Å². The summed E-state index contributed by atoms with van der Waals surface area (Å²) in [5.41, 5.74) is 8.06. The average molecular weight is 476 g/mol. The second-order valence-corrected chi connectivity index (χ2v) is 8.65. The largest absolute Gasteiger partial charge is 0.353 e. The van der Waals surface area contributed by atoms with E-state index in [9.17, 15) is 9.18 Å². The standard InChI is InChI=1S/C29H22FN5O/c1-2-28(36)32-21-12-19(15-31-16-21)18-8-11-26-24(13-18)29(35-34-26)27-14-23-22(4-3-5-25(23)33-27)17-6-9-20(30)10-7-17/h3-16,33H,2H2,1H3,(H,32,36)(H,34,35). The van der Waals surface area contributed by atoms with Crippen LogP contribution < -0.4 is 5.32 Å². The van der Waals surface area contributed by atoms with Crippen LogP contribution in [0.15, 0.2) is 85.2 Å². The number of halogens is 1. The molecule has 0 unspecified atom stereocenters. The third-order valence-corrected chi connectivity index (χ3v) is 6.31. The predicted molar refractivity (Wildman–Crippen MR) is 141 cm³/mol. The van der Waals surface area contributed by atoms with Crippen molar-refractivity contribution >= 4 is 33.4 Å². The minimum Gasteiger partial charge on any atom is -0.353 e. The molecule has 3 aromatic heterocycles. The minimum atomic E-state index is -0.257. The van der Waals surface area contributed by atoms with Gasteiger partial charge in [0.05, 0.1) is 23.1 Å². The van der Waals surface area contributed by atoms with E-state index in [1.54, 1.807) is 24.5 Å². The monoisotopic (exact) mass is 475 g/mol. The van der Waals surface area contributed by atoms with Crippen LogP contribution in [0.5, 0.6) is 0 Å². The molecule has 0 fully saturated rings. The first-order chi connectivity index (χ1) is 17.6. The number of hydrogen-bond acceptors (Lipinski definition) is 3. The van der Waals surface area contributed by atoms with Crippen molar-refractivity contribution in [2.75, 3.05) is 5.32 Å². The number of pyridine rings is 1. The molecular weight excluding hydrogens is 453 g/mol. The molecule has 36 heavy (non-hydrogen) atoms. The summed E-state index contributed by atoms with van der Waals surface area (Å²) < 4.78 is 13.5. The van der Waals surface area contributed by atoms with Crippen molar-refractivity contribution in [3.05, 3.63) is 91.0 Å². The maximum Gasteiger partial charge on any atom is 0.224 e. The molecule has 0 radical (unpaired) electrons. The Bertz CT molecular complexity index is 1730. The Kier molecular flexibility index (Phi) is 5.30. The maximum absolute atomic E-state index is 13.5. The number of anilines is 1. The molecule has 1 amide bonds. The van der Waals surface area contributed by atoms with Gasteiger partial charge >= 0.3 is 0 Å². The number of nitrogens with one attached hydrogen (secondary N) is 3. The number of H-pyrrole nitrogens is 2. The van der Waals surface area contributed by atoms with Gasteiger partial charge in [0, 0.05) is 34.5 Å². The van der Waals surface area contributed by atoms with Crippen LogP contribution in [0.1, 0.15) is 13.3 Å². The van der Waals surface area contributed by atoms with Crippen LogP contribution in [-0.2, 0) is 4.79 Å². The van der Waals surface area contributed by atoms with Gasteiger partial charge in [0.15, 0.2) is 0 Å². The smallest absolute Gasteiger partial charge is 0.224 e. The van der Waals surface area contributed by atoms with Gasteiger partial charge in [-0.05, 0) is 59.2 Å². The highest BCUT2D eigenvalue weighted by molar-refractivity contribution is 6.02. The van der Waals surface area contributed by atoms with Gasteiger partial charge in [-0.2, -0.15) is 5.10 Å². The van der Waals surface area contributed by atoms with E-state index in [1.807, 2.05) is 43.3 Å². The van der Waals surface area contributed by atoms with Gasteiger partial charge in [0.1, 0.15) is 11.5 Å². The van der Waals surface area contributed by atoms with Gasteiger partial charge in [-0.1, -0.05) is 37.3 Å². The summed E-state index contributed by atoms with van der Waals surface area (Å²) in [5, 5.41) is 12.6. The van der Waals surface area contributed by atoms with Crippen LogP contribution in [0.4, 0.5) is 10.1 Å². The van der Waals surface area contributed by atoms with Gasteiger partial charge in [0.2, 0.25) is 5.91 Å². The third-order valence-electron chi connectivity index (χ3n) is 6.31. The average Bonchev–Trinajstić information content (AvgIpc) is 3.53. The summed E-state index contributed by atoms with van der Waals surface area (Å²) in [4.78, 5) is 19.6. The molecule has 0 aliphatic carbocycles. The summed E-state index contributed by atoms with van der Waals surface area (Å²) in [5.74, 6) is -0.312. The number of hydrogen-bond donors (Lipinski definition) is 3. The van der Waals surface area contributed by atoms with E-state index in [4.69, 9.17) is 0 Å². The number of carbonyl (C=O) groups is 1. The number of amides is 1. The second-order valence-electron chi connectivity index (χ2n) is 8.65. The molecule has 6 rings (SSSR count). The van der Waals surface area contributed by atoms with Crippen LogP contribution in [0.2, 0.25) is 0 Å². The van der Waals surface area contributed by atoms with Crippen molar-refractivity contribution in [1.29, 1.82) is 0 Å². The molecule has 3 aromatic carbocycles. The third kappa shape index (κ3) is 3.90. The zero-order valence-electron chi connectivity index (χ0n) is 19.5. The van der Waals surface area contributed by atoms with E-state index in [1.165, 1.54) is 12.1 Å². The van der Waals surface area contributed by atoms with Crippen LogP contribution in [-0.4, -0.2) is 26.1 Å². The van der Waals surface area contributed by atoms with Gasteiger partial charge < -0.3 is 10.3 Å². The predicted octanol–water partition coefficient (Wildman–Crippen LogP) is 6.93. The Morgan fingerprint density at radius 2 is 1.72 bits per heavy atom. The Morgan fingerprint density at radius 3 is 2.56 bits per heavy atom. The Hall–Kier alpha value is -4.78. The van der Waals surface area contributed by atoms with Gasteiger partial charge in [-0.3, -0.25) is 14.9 Å². The summed E-state index contributed by atoms with van der Waals surface area (Å²) in [6.45, 7) is 1.81. The molecule has 6 nitrogen and oxygen atoms in total. The summed E-state index contributed by atoms with van der Waals surface area (Å²) in [6, 6.07) is 22.6. The highest BCUT2D eigenvalue weighted by Gasteiger charge is 2.15. The fourth-order valence-corrected chi connectivity index (χ4v) is 4.48. The van der Waals surface area contributed by atoms with E-state index in [2.05, 4.69) is 37.6 Å². The summed E-state index contributed by atoms with van der Waals surface area (Å²) in [7, 11) is 0. The topological polar surface area (TPSA) is 86.5 Å². The fourth-order valence-electron chi connectivity index (χ4n) is 4.48. The lowest BCUT2D eigenvalue weighted by Gasteiger charge is -2.06. The second kappa shape index (κ2) is 8.78.